The van der Waals surface area contributed by atoms with Crippen molar-refractivity contribution in [2.45, 2.75) is 32.6 Å². The van der Waals surface area contributed by atoms with E-state index in [1.165, 1.54) is 21.0 Å². The van der Waals surface area contributed by atoms with Crippen LogP contribution in [0.1, 0.15) is 20.8 Å². The summed E-state index contributed by atoms with van der Waals surface area (Å²) < 4.78 is 21.9. The summed E-state index contributed by atoms with van der Waals surface area (Å²) in [6.07, 6.45) is 0. The predicted octanol–water partition coefficient (Wildman–Crippen LogP) is 2.02. The second-order valence-corrected chi connectivity index (χ2v) is 5.68. The number of azide groups is 1. The number of carbonyl (C=O) groups is 1. The normalized spacial score (nSPS) is 17.4. The molecule has 0 aliphatic carbocycles. The lowest BCUT2D eigenvalue weighted by Crippen LogP contribution is -2.35. The molecule has 17 heavy (non-hydrogen) atoms. The zero-order chi connectivity index (χ0) is 13.5. The summed E-state index contributed by atoms with van der Waals surface area (Å²) in [6, 6.07) is -0.811. The second kappa shape index (κ2) is 7.29. The van der Waals surface area contributed by atoms with Gasteiger partial charge in [-0.05, 0) is 26.3 Å². The van der Waals surface area contributed by atoms with E-state index in [0.29, 0.717) is 0 Å². The second-order valence-electron chi connectivity index (χ2n) is 3.23. The topological polar surface area (TPSA) is 113 Å². The summed E-state index contributed by atoms with van der Waals surface area (Å²) >= 11 is 0. The van der Waals surface area contributed by atoms with Crippen LogP contribution in [0.5, 0.6) is 0 Å². The lowest BCUT2D eigenvalue weighted by atomic mass is 10.4. The number of methoxy groups -OCH3 is 1. The van der Waals surface area contributed by atoms with Crippen LogP contribution < -0.4 is 5.09 Å². The molecule has 0 radical (unpaired) electrons. The van der Waals surface area contributed by atoms with Gasteiger partial charge in [-0.25, -0.2) is 5.09 Å². The van der Waals surface area contributed by atoms with E-state index in [9.17, 15) is 9.36 Å². The van der Waals surface area contributed by atoms with Crippen LogP contribution >= 0.6 is 7.52 Å². The highest BCUT2D eigenvalue weighted by Gasteiger charge is 2.33. The maximum atomic E-state index is 12.3. The minimum absolute atomic E-state index is 0.170. The smallest absolute Gasteiger partial charge is 0.323 e. The zero-order valence-electron chi connectivity index (χ0n) is 10.3. The Morgan fingerprint density at radius 3 is 2.59 bits per heavy atom. The van der Waals surface area contributed by atoms with E-state index in [0.717, 1.165) is 0 Å². The van der Waals surface area contributed by atoms with Gasteiger partial charge in [-0.15, -0.1) is 0 Å². The van der Waals surface area contributed by atoms with Crippen LogP contribution in [0, 0.1) is 0 Å². The summed E-state index contributed by atoms with van der Waals surface area (Å²) in [4.78, 5) is 13.8. The van der Waals surface area contributed by atoms with Crippen molar-refractivity contribution in [3.05, 3.63) is 10.4 Å². The molecule has 0 rings (SSSR count). The number of nitrogens with one attached hydrogen (secondary N) is 1. The number of carbonyl (C=O) groups excluding carboxylic acids is 1. The fraction of sp³-hybridized carbons (Fsp3) is 0.875. The third kappa shape index (κ3) is 4.75. The quantitative estimate of drug-likeness (QED) is 0.248. The van der Waals surface area contributed by atoms with Crippen LogP contribution in [0.2, 0.25) is 0 Å². The first-order valence-electron chi connectivity index (χ1n) is 5.05. The van der Waals surface area contributed by atoms with Crippen LogP contribution in [0.3, 0.4) is 0 Å². The summed E-state index contributed by atoms with van der Waals surface area (Å²) in [7, 11) is -2.20. The summed E-state index contributed by atoms with van der Waals surface area (Å²) in [5.41, 5.74) is 8.32. The molecular weight excluding hydrogens is 247 g/mol. The van der Waals surface area contributed by atoms with Crippen LogP contribution in [0.25, 0.3) is 10.4 Å². The van der Waals surface area contributed by atoms with E-state index in [-0.39, 0.29) is 6.61 Å². The Kier molecular flexibility index (Phi) is 6.83. The van der Waals surface area contributed by atoms with E-state index < -0.39 is 25.3 Å². The molecule has 0 saturated carbocycles. The van der Waals surface area contributed by atoms with Crippen molar-refractivity contribution in [2.24, 2.45) is 5.11 Å². The van der Waals surface area contributed by atoms with Gasteiger partial charge in [0.25, 0.3) is 7.52 Å². The third-order valence-electron chi connectivity index (χ3n) is 1.96. The zero-order valence-corrected chi connectivity index (χ0v) is 11.2. The van der Waals surface area contributed by atoms with Gasteiger partial charge in [0.05, 0.1) is 13.7 Å². The van der Waals surface area contributed by atoms with Gasteiger partial charge in [0.15, 0.2) is 0 Å². The standard InChI is InChI=1S/C8H17N4O4P/c1-5-16-17(14,7(3)10-12-9)11-6(2)8(13)15-4/h6-7H,5H2,1-4H3,(H,11,14). The van der Waals surface area contributed by atoms with Gasteiger partial charge < -0.3 is 9.26 Å². The fourth-order valence-electron chi connectivity index (χ4n) is 1.09. The highest BCUT2D eigenvalue weighted by Crippen LogP contribution is 2.48. The number of nitrogens with zero attached hydrogens (tertiary/aromatic N) is 3. The van der Waals surface area contributed by atoms with Crippen LogP contribution in [0.15, 0.2) is 5.11 Å². The number of esters is 1. The lowest BCUT2D eigenvalue weighted by Gasteiger charge is -2.24. The molecule has 98 valence electrons. The monoisotopic (exact) mass is 264 g/mol. The molecule has 9 heteroatoms. The molecule has 0 aliphatic heterocycles. The summed E-state index contributed by atoms with van der Waals surface area (Å²) in [5.74, 6) is -1.47. The van der Waals surface area contributed by atoms with Gasteiger partial charge in [-0.3, -0.25) is 9.36 Å². The molecule has 0 amide bonds. The number of rotatable bonds is 7. The van der Waals surface area contributed by atoms with Crippen molar-refractivity contribution >= 4 is 13.5 Å². The van der Waals surface area contributed by atoms with E-state index in [1.807, 2.05) is 0 Å². The Balaban J connectivity index is 4.90. The van der Waals surface area contributed by atoms with Gasteiger partial charge in [-0.1, -0.05) is 5.11 Å². The maximum Gasteiger partial charge on any atom is 0.323 e. The molecule has 8 nitrogen and oxygen atoms in total. The minimum Gasteiger partial charge on any atom is -0.468 e. The molecule has 0 bridgehead atoms. The van der Waals surface area contributed by atoms with E-state index in [1.54, 1.807) is 6.92 Å². The largest absolute Gasteiger partial charge is 0.468 e. The average molecular weight is 264 g/mol. The van der Waals surface area contributed by atoms with Gasteiger partial charge in [0.2, 0.25) is 0 Å². The molecule has 0 aliphatic rings. The minimum atomic E-state index is -3.42. The molecule has 1 N–H and O–H groups in total. The van der Waals surface area contributed by atoms with Gasteiger partial charge in [-0.2, -0.15) is 0 Å². The van der Waals surface area contributed by atoms with Crippen LogP contribution in [-0.4, -0.2) is 31.5 Å². The van der Waals surface area contributed by atoms with Gasteiger partial charge in [0, 0.05) is 4.91 Å². The van der Waals surface area contributed by atoms with Crippen LogP contribution in [0.4, 0.5) is 0 Å². The van der Waals surface area contributed by atoms with Crippen molar-refractivity contribution in [3.8, 4) is 0 Å². The Morgan fingerprint density at radius 1 is 1.59 bits per heavy atom. The van der Waals surface area contributed by atoms with Crippen molar-refractivity contribution in [3.63, 3.8) is 0 Å². The van der Waals surface area contributed by atoms with E-state index in [4.69, 9.17) is 10.1 Å². The lowest BCUT2D eigenvalue weighted by molar-refractivity contribution is -0.142. The average Bonchev–Trinajstić information content (AvgIpc) is 2.28. The van der Waals surface area contributed by atoms with Crippen molar-refractivity contribution in [1.29, 1.82) is 0 Å². The first kappa shape index (κ1) is 15.9. The van der Waals surface area contributed by atoms with Crippen molar-refractivity contribution in [1.82, 2.24) is 5.09 Å². The molecule has 3 atom stereocenters. The third-order valence-corrected chi connectivity index (χ3v) is 4.44. The first-order chi connectivity index (χ1) is 7.91. The molecule has 0 aromatic rings. The number of hydrogen-bond acceptors (Lipinski definition) is 5. The highest BCUT2D eigenvalue weighted by atomic mass is 31.2. The van der Waals surface area contributed by atoms with E-state index in [2.05, 4.69) is 19.9 Å². The Morgan fingerprint density at radius 2 is 2.18 bits per heavy atom. The molecule has 0 spiro atoms. The number of hydrogen-bond donors (Lipinski definition) is 1. The maximum absolute atomic E-state index is 12.3. The van der Waals surface area contributed by atoms with Crippen molar-refractivity contribution < 1.29 is 18.6 Å². The predicted molar refractivity (Wildman–Crippen MR) is 62.5 cm³/mol. The molecule has 0 aromatic heterocycles. The molecule has 0 saturated heterocycles. The van der Waals surface area contributed by atoms with Gasteiger partial charge in [0.1, 0.15) is 11.8 Å². The van der Waals surface area contributed by atoms with Gasteiger partial charge >= 0.3 is 5.97 Å². The SMILES string of the molecule is CCOP(=O)(NC(C)C(=O)OC)C(C)N=[N+]=[N-]. The molecule has 3 unspecified atom stereocenters. The molecule has 0 heterocycles. The number of ether oxygens (including phenoxy) is 1. The Bertz CT molecular complexity index is 355. The summed E-state index contributed by atoms with van der Waals surface area (Å²) in [5, 5.41) is 5.85. The van der Waals surface area contributed by atoms with Crippen LogP contribution in [-0.2, 0) is 18.6 Å². The Hall–Kier alpha value is -1.07. The Labute approximate surface area is 99.8 Å². The van der Waals surface area contributed by atoms with Crippen molar-refractivity contribution in [2.75, 3.05) is 13.7 Å². The molecule has 0 aromatic carbocycles. The molecular formula is C8H17N4O4P. The highest BCUT2D eigenvalue weighted by molar-refractivity contribution is 7.57. The molecule has 0 fully saturated rings. The summed E-state index contributed by atoms with van der Waals surface area (Å²) in [6.45, 7) is 4.76. The first-order valence-corrected chi connectivity index (χ1v) is 6.74. The van der Waals surface area contributed by atoms with E-state index >= 15 is 0 Å². The fourth-order valence-corrected chi connectivity index (χ4v) is 2.80.